The van der Waals surface area contributed by atoms with Gasteiger partial charge in [-0.1, -0.05) is 66.2 Å². The van der Waals surface area contributed by atoms with Crippen molar-refractivity contribution < 1.29 is 14.2 Å². The fourth-order valence-electron chi connectivity index (χ4n) is 2.89. The van der Waals surface area contributed by atoms with Crippen LogP contribution in [0.5, 0.6) is 5.75 Å². The predicted octanol–water partition coefficient (Wildman–Crippen LogP) is 5.50. The van der Waals surface area contributed by atoms with Crippen LogP contribution in [0.25, 0.3) is 11.1 Å². The molecule has 132 valence electrons. The first-order chi connectivity index (χ1) is 12.8. The second kappa shape index (κ2) is 7.92. The van der Waals surface area contributed by atoms with E-state index in [-0.39, 0.29) is 12.4 Å². The largest absolute Gasteiger partial charge is 0.491 e. The molecule has 1 heterocycles. The molecule has 0 spiro atoms. The van der Waals surface area contributed by atoms with Gasteiger partial charge in [-0.3, -0.25) is 0 Å². The third-order valence-corrected chi connectivity index (χ3v) is 4.54. The minimum Gasteiger partial charge on any atom is -0.491 e. The Labute approximate surface area is 158 Å². The maximum atomic E-state index is 5.97. The van der Waals surface area contributed by atoms with Crippen molar-refractivity contribution in [3.05, 3.63) is 89.4 Å². The molecular formula is C22H19ClO3. The molecule has 0 unspecified atom stereocenters. The van der Waals surface area contributed by atoms with Gasteiger partial charge in [-0.15, -0.1) is 0 Å². The van der Waals surface area contributed by atoms with Crippen LogP contribution in [0.2, 0.25) is 5.02 Å². The fourth-order valence-corrected chi connectivity index (χ4v) is 3.02. The molecule has 1 aliphatic heterocycles. The standard InChI is InChI=1S/C22H19ClO3/c23-19-10-12-20(13-11-19)24-14-21-15-25-22(26-21)18-8-6-17(7-9-18)16-4-2-1-3-5-16/h1-13,21-22H,14-15H2/t21-,22-/m1/s1. The van der Waals surface area contributed by atoms with E-state index in [2.05, 4.69) is 36.4 Å². The van der Waals surface area contributed by atoms with Crippen LogP contribution in [0.4, 0.5) is 0 Å². The molecule has 0 bridgehead atoms. The van der Waals surface area contributed by atoms with Gasteiger partial charge >= 0.3 is 0 Å². The number of rotatable bonds is 5. The molecule has 1 fully saturated rings. The molecular weight excluding hydrogens is 348 g/mol. The van der Waals surface area contributed by atoms with Gasteiger partial charge in [0, 0.05) is 10.6 Å². The summed E-state index contributed by atoms with van der Waals surface area (Å²) in [5, 5.41) is 0.691. The molecule has 0 amide bonds. The lowest BCUT2D eigenvalue weighted by atomic mass is 10.0. The van der Waals surface area contributed by atoms with Gasteiger partial charge in [0.05, 0.1) is 6.61 Å². The van der Waals surface area contributed by atoms with Crippen LogP contribution in [0.3, 0.4) is 0 Å². The van der Waals surface area contributed by atoms with E-state index in [0.29, 0.717) is 18.2 Å². The summed E-state index contributed by atoms with van der Waals surface area (Å²) in [7, 11) is 0. The Kier molecular flexibility index (Phi) is 5.21. The fraction of sp³-hybridized carbons (Fsp3) is 0.182. The number of benzene rings is 3. The minimum atomic E-state index is -0.348. The van der Waals surface area contributed by atoms with Gasteiger partial charge in [-0.25, -0.2) is 0 Å². The Morgan fingerprint density at radius 1 is 0.846 bits per heavy atom. The van der Waals surface area contributed by atoms with Crippen LogP contribution < -0.4 is 4.74 Å². The number of halogens is 1. The Morgan fingerprint density at radius 2 is 1.54 bits per heavy atom. The lowest BCUT2D eigenvalue weighted by Crippen LogP contribution is -2.19. The first-order valence-corrected chi connectivity index (χ1v) is 8.96. The zero-order valence-corrected chi connectivity index (χ0v) is 14.9. The van der Waals surface area contributed by atoms with E-state index in [0.717, 1.165) is 11.3 Å². The molecule has 3 nitrogen and oxygen atoms in total. The highest BCUT2D eigenvalue weighted by molar-refractivity contribution is 6.30. The number of hydrogen-bond donors (Lipinski definition) is 0. The summed E-state index contributed by atoms with van der Waals surface area (Å²) in [6, 6.07) is 25.9. The molecule has 1 saturated heterocycles. The molecule has 0 N–H and O–H groups in total. The average molecular weight is 367 g/mol. The van der Waals surface area contributed by atoms with Crippen LogP contribution >= 0.6 is 11.6 Å². The van der Waals surface area contributed by atoms with Gasteiger partial charge in [-0.2, -0.15) is 0 Å². The first-order valence-electron chi connectivity index (χ1n) is 8.59. The van der Waals surface area contributed by atoms with Crippen LogP contribution in [0, 0.1) is 0 Å². The summed E-state index contributed by atoms with van der Waals surface area (Å²) in [6.45, 7) is 0.957. The summed E-state index contributed by atoms with van der Waals surface area (Å²) >= 11 is 5.88. The van der Waals surface area contributed by atoms with Crippen LogP contribution in [0.1, 0.15) is 11.9 Å². The van der Waals surface area contributed by atoms with Gasteiger partial charge in [0.15, 0.2) is 6.29 Å². The summed E-state index contributed by atoms with van der Waals surface area (Å²) in [5.74, 6) is 0.772. The average Bonchev–Trinajstić information content (AvgIpc) is 3.17. The van der Waals surface area contributed by atoms with Crippen molar-refractivity contribution in [2.24, 2.45) is 0 Å². The molecule has 3 aromatic carbocycles. The lowest BCUT2D eigenvalue weighted by molar-refractivity contribution is -0.0659. The zero-order valence-electron chi connectivity index (χ0n) is 14.2. The van der Waals surface area contributed by atoms with Crippen molar-refractivity contribution in [2.45, 2.75) is 12.4 Å². The molecule has 0 radical (unpaired) electrons. The quantitative estimate of drug-likeness (QED) is 0.596. The normalized spacial score (nSPS) is 19.4. The highest BCUT2D eigenvalue weighted by Gasteiger charge is 2.27. The molecule has 0 aliphatic carbocycles. The van der Waals surface area contributed by atoms with Crippen LogP contribution in [0.15, 0.2) is 78.9 Å². The van der Waals surface area contributed by atoms with E-state index in [4.69, 9.17) is 25.8 Å². The molecule has 4 heteroatoms. The predicted molar refractivity (Wildman–Crippen MR) is 102 cm³/mol. The second-order valence-electron chi connectivity index (χ2n) is 6.18. The van der Waals surface area contributed by atoms with Crippen molar-refractivity contribution >= 4 is 11.6 Å². The Bertz CT molecular complexity index is 832. The van der Waals surface area contributed by atoms with Gasteiger partial charge < -0.3 is 14.2 Å². The monoisotopic (exact) mass is 366 g/mol. The Morgan fingerprint density at radius 3 is 2.27 bits per heavy atom. The van der Waals surface area contributed by atoms with Crippen molar-refractivity contribution in [1.29, 1.82) is 0 Å². The third kappa shape index (κ3) is 4.07. The highest BCUT2D eigenvalue weighted by atomic mass is 35.5. The van der Waals surface area contributed by atoms with Gasteiger partial charge in [0.2, 0.25) is 0 Å². The highest BCUT2D eigenvalue weighted by Crippen LogP contribution is 2.29. The zero-order chi connectivity index (χ0) is 17.8. The van der Waals surface area contributed by atoms with E-state index in [1.807, 2.05) is 30.3 Å². The van der Waals surface area contributed by atoms with Crippen LogP contribution in [-0.4, -0.2) is 19.3 Å². The molecule has 26 heavy (non-hydrogen) atoms. The smallest absolute Gasteiger partial charge is 0.184 e. The van der Waals surface area contributed by atoms with Crippen molar-refractivity contribution in [3.63, 3.8) is 0 Å². The molecule has 3 aromatic rings. The molecule has 0 aromatic heterocycles. The van der Waals surface area contributed by atoms with E-state index in [1.54, 1.807) is 12.1 Å². The summed E-state index contributed by atoms with van der Waals surface area (Å²) in [5.41, 5.74) is 3.38. The van der Waals surface area contributed by atoms with Gasteiger partial charge in [0.1, 0.15) is 18.5 Å². The topological polar surface area (TPSA) is 27.7 Å². The lowest BCUT2D eigenvalue weighted by Gasteiger charge is -2.13. The molecule has 1 aliphatic rings. The van der Waals surface area contributed by atoms with Gasteiger partial charge in [0.25, 0.3) is 0 Å². The molecule has 4 rings (SSSR count). The van der Waals surface area contributed by atoms with Crippen LogP contribution in [-0.2, 0) is 9.47 Å². The maximum Gasteiger partial charge on any atom is 0.184 e. The first kappa shape index (κ1) is 17.1. The summed E-state index contributed by atoms with van der Waals surface area (Å²) in [4.78, 5) is 0. The van der Waals surface area contributed by atoms with Crippen molar-refractivity contribution in [2.75, 3.05) is 13.2 Å². The number of ether oxygens (including phenoxy) is 3. The minimum absolute atomic E-state index is 0.0931. The van der Waals surface area contributed by atoms with E-state index < -0.39 is 0 Å². The molecule has 0 saturated carbocycles. The van der Waals surface area contributed by atoms with Crippen molar-refractivity contribution in [1.82, 2.24) is 0 Å². The SMILES string of the molecule is Clc1ccc(OC[C@@H]2CO[C@@H](c3ccc(-c4ccccc4)cc3)O2)cc1. The maximum absolute atomic E-state index is 5.97. The van der Waals surface area contributed by atoms with Gasteiger partial charge in [-0.05, 0) is 35.4 Å². The van der Waals surface area contributed by atoms with Crippen molar-refractivity contribution in [3.8, 4) is 16.9 Å². The van der Waals surface area contributed by atoms with E-state index >= 15 is 0 Å². The second-order valence-corrected chi connectivity index (χ2v) is 6.61. The van der Waals surface area contributed by atoms with E-state index in [1.165, 1.54) is 11.1 Å². The summed E-state index contributed by atoms with van der Waals surface area (Å²) < 4.78 is 17.5. The molecule has 2 atom stereocenters. The Balaban J connectivity index is 1.34. The third-order valence-electron chi connectivity index (χ3n) is 4.29. The number of hydrogen-bond acceptors (Lipinski definition) is 3. The van der Waals surface area contributed by atoms with E-state index in [9.17, 15) is 0 Å². The summed E-state index contributed by atoms with van der Waals surface area (Å²) in [6.07, 6.45) is -0.442. The Hall–Kier alpha value is -2.33.